The summed E-state index contributed by atoms with van der Waals surface area (Å²) in [6.45, 7) is 1.50. The number of hydrogen-bond acceptors (Lipinski definition) is 5. The average molecular weight is 313 g/mol. The average Bonchev–Trinajstić information content (AvgIpc) is 2.95. The van der Waals surface area contributed by atoms with Crippen molar-refractivity contribution < 1.29 is 4.79 Å². The van der Waals surface area contributed by atoms with Gasteiger partial charge in [-0.25, -0.2) is 9.97 Å². The number of carbonyl (C=O) groups excluding carboxylic acids is 1. The number of hydrogen-bond donors (Lipinski definition) is 0. The Labute approximate surface area is 137 Å². The Morgan fingerprint density at radius 2 is 2.26 bits per heavy atom. The topological polar surface area (TPSA) is 73.1 Å². The Bertz CT molecular complexity index is 632. The molecule has 1 aliphatic carbocycles. The number of nitriles is 1. The second-order valence-electron chi connectivity index (χ2n) is 6.92. The molecule has 2 fully saturated rings. The fraction of sp³-hybridized carbons (Fsp3) is 0.647. The molecule has 0 N–H and O–H groups in total. The number of aromatic nitrogens is 2. The highest BCUT2D eigenvalue weighted by Crippen LogP contribution is 2.42. The number of anilines is 1. The molecule has 3 rings (SSSR count). The first-order valence-corrected chi connectivity index (χ1v) is 8.23. The molecule has 1 aromatic heterocycles. The smallest absolute Gasteiger partial charge is 0.243 e. The van der Waals surface area contributed by atoms with E-state index in [1.54, 1.807) is 6.33 Å². The van der Waals surface area contributed by atoms with E-state index in [-0.39, 0.29) is 5.91 Å². The Balaban J connectivity index is 1.61. The second-order valence-corrected chi connectivity index (χ2v) is 6.92. The van der Waals surface area contributed by atoms with E-state index < -0.39 is 5.41 Å². The maximum atomic E-state index is 12.6. The summed E-state index contributed by atoms with van der Waals surface area (Å²) in [6, 6.07) is 4.27. The molecule has 1 aromatic rings. The molecular weight excluding hydrogens is 290 g/mol. The summed E-state index contributed by atoms with van der Waals surface area (Å²) in [4.78, 5) is 25.0. The van der Waals surface area contributed by atoms with Crippen LogP contribution in [0.1, 0.15) is 31.4 Å². The van der Waals surface area contributed by atoms with Gasteiger partial charge in [-0.1, -0.05) is 0 Å². The van der Waals surface area contributed by atoms with Crippen LogP contribution in [-0.4, -0.2) is 48.0 Å². The molecule has 1 saturated heterocycles. The van der Waals surface area contributed by atoms with Crippen LogP contribution in [0.25, 0.3) is 0 Å². The van der Waals surface area contributed by atoms with Gasteiger partial charge in [0, 0.05) is 38.9 Å². The second kappa shape index (κ2) is 6.15. The van der Waals surface area contributed by atoms with E-state index >= 15 is 0 Å². The van der Waals surface area contributed by atoms with Gasteiger partial charge >= 0.3 is 0 Å². The van der Waals surface area contributed by atoms with E-state index in [9.17, 15) is 10.1 Å². The Kier molecular flexibility index (Phi) is 4.20. The monoisotopic (exact) mass is 313 g/mol. The molecule has 1 aliphatic heterocycles. The van der Waals surface area contributed by atoms with E-state index in [0.717, 1.165) is 56.7 Å². The first-order valence-electron chi connectivity index (χ1n) is 8.23. The molecule has 122 valence electrons. The number of likely N-dealkylation sites (tertiary alicyclic amines) is 1. The molecule has 23 heavy (non-hydrogen) atoms. The molecule has 1 atom stereocenters. The third-order valence-corrected chi connectivity index (χ3v) is 5.07. The van der Waals surface area contributed by atoms with Crippen molar-refractivity contribution in [3.63, 3.8) is 0 Å². The molecule has 1 saturated carbocycles. The van der Waals surface area contributed by atoms with Crippen LogP contribution in [-0.2, 0) is 11.2 Å². The summed E-state index contributed by atoms with van der Waals surface area (Å²) in [6.07, 6.45) is 5.87. The molecule has 2 heterocycles. The highest BCUT2D eigenvalue weighted by Gasteiger charge is 2.48. The van der Waals surface area contributed by atoms with Crippen molar-refractivity contribution in [3.05, 3.63) is 18.1 Å². The fourth-order valence-electron chi connectivity index (χ4n) is 3.43. The summed E-state index contributed by atoms with van der Waals surface area (Å²) in [5, 5.41) is 9.33. The normalized spacial score (nSPS) is 22.3. The van der Waals surface area contributed by atoms with Crippen molar-refractivity contribution in [1.82, 2.24) is 14.9 Å². The van der Waals surface area contributed by atoms with Gasteiger partial charge < -0.3 is 9.80 Å². The number of rotatable bonds is 4. The zero-order valence-corrected chi connectivity index (χ0v) is 13.8. The molecule has 0 spiro atoms. The summed E-state index contributed by atoms with van der Waals surface area (Å²) in [5.41, 5.74) is 0.295. The van der Waals surface area contributed by atoms with Gasteiger partial charge in [-0.05, 0) is 38.0 Å². The van der Waals surface area contributed by atoms with Crippen molar-refractivity contribution in [3.8, 4) is 6.07 Å². The van der Waals surface area contributed by atoms with E-state index in [1.165, 1.54) is 0 Å². The molecule has 1 unspecified atom stereocenters. The van der Waals surface area contributed by atoms with Crippen LogP contribution in [0.4, 0.5) is 5.82 Å². The maximum Gasteiger partial charge on any atom is 0.243 e. The van der Waals surface area contributed by atoms with Crippen molar-refractivity contribution >= 4 is 11.7 Å². The highest BCUT2D eigenvalue weighted by atomic mass is 16.2. The lowest BCUT2D eigenvalue weighted by Crippen LogP contribution is -2.46. The summed E-state index contributed by atoms with van der Waals surface area (Å²) in [5.74, 6) is 1.36. The zero-order chi connectivity index (χ0) is 16.4. The van der Waals surface area contributed by atoms with E-state index in [0.29, 0.717) is 5.92 Å². The van der Waals surface area contributed by atoms with Gasteiger partial charge in [0.25, 0.3) is 0 Å². The van der Waals surface area contributed by atoms with Gasteiger partial charge in [0.05, 0.1) is 6.07 Å². The van der Waals surface area contributed by atoms with E-state index in [1.807, 2.05) is 30.0 Å². The van der Waals surface area contributed by atoms with Gasteiger partial charge in [-0.3, -0.25) is 4.79 Å². The number of nitrogens with zero attached hydrogens (tertiary/aromatic N) is 5. The zero-order valence-electron chi connectivity index (χ0n) is 13.8. The minimum atomic E-state index is -0.720. The molecule has 0 radical (unpaired) electrons. The summed E-state index contributed by atoms with van der Waals surface area (Å²) < 4.78 is 0. The SMILES string of the molecule is CN(C)c1cc(CC2CCN(C(=O)C3(C#N)CCC3)C2)ncn1. The Hall–Kier alpha value is -2.16. The molecule has 1 amide bonds. The Morgan fingerprint density at radius 3 is 2.87 bits per heavy atom. The van der Waals surface area contributed by atoms with Gasteiger partial charge in [0.15, 0.2) is 0 Å². The van der Waals surface area contributed by atoms with Crippen LogP contribution in [0.15, 0.2) is 12.4 Å². The predicted octanol–water partition coefficient (Wildman–Crippen LogP) is 1.63. The largest absolute Gasteiger partial charge is 0.363 e. The fourth-order valence-corrected chi connectivity index (χ4v) is 3.43. The quantitative estimate of drug-likeness (QED) is 0.844. The summed E-state index contributed by atoms with van der Waals surface area (Å²) >= 11 is 0. The minimum Gasteiger partial charge on any atom is -0.363 e. The number of amides is 1. The van der Waals surface area contributed by atoms with E-state index in [2.05, 4.69) is 16.0 Å². The van der Waals surface area contributed by atoms with Crippen molar-refractivity contribution in [1.29, 1.82) is 5.26 Å². The molecule has 0 aromatic carbocycles. The van der Waals surface area contributed by atoms with Crippen LogP contribution in [0.3, 0.4) is 0 Å². The summed E-state index contributed by atoms with van der Waals surface area (Å²) in [7, 11) is 3.92. The van der Waals surface area contributed by atoms with Gasteiger partial charge in [-0.2, -0.15) is 5.26 Å². The minimum absolute atomic E-state index is 0.0467. The molecule has 2 aliphatic rings. The third kappa shape index (κ3) is 3.00. The predicted molar refractivity (Wildman–Crippen MR) is 86.6 cm³/mol. The highest BCUT2D eigenvalue weighted by molar-refractivity contribution is 5.86. The van der Waals surface area contributed by atoms with Crippen molar-refractivity contribution in [2.45, 2.75) is 32.1 Å². The van der Waals surface area contributed by atoms with Crippen LogP contribution >= 0.6 is 0 Å². The lowest BCUT2D eigenvalue weighted by atomic mass is 9.69. The standard InChI is InChI=1S/C17H23N5O/c1-21(2)15-9-14(19-12-20-15)8-13-4-7-22(10-13)16(23)17(11-18)5-3-6-17/h9,12-13H,3-8,10H2,1-2H3. The van der Waals surface area contributed by atoms with Crippen LogP contribution in [0.2, 0.25) is 0 Å². The molecule has 6 nitrogen and oxygen atoms in total. The van der Waals surface area contributed by atoms with Gasteiger partial charge in [0.1, 0.15) is 17.6 Å². The van der Waals surface area contributed by atoms with Gasteiger partial charge in [0.2, 0.25) is 5.91 Å². The first kappa shape index (κ1) is 15.7. The number of carbonyl (C=O) groups is 1. The van der Waals surface area contributed by atoms with Crippen LogP contribution in [0.5, 0.6) is 0 Å². The molecule has 0 bridgehead atoms. The Morgan fingerprint density at radius 1 is 1.48 bits per heavy atom. The van der Waals surface area contributed by atoms with Crippen LogP contribution < -0.4 is 4.90 Å². The maximum absolute atomic E-state index is 12.6. The van der Waals surface area contributed by atoms with Crippen LogP contribution in [0, 0.1) is 22.7 Å². The molecular formula is C17H23N5O. The lowest BCUT2D eigenvalue weighted by Gasteiger charge is -2.36. The van der Waals surface area contributed by atoms with Crippen molar-refractivity contribution in [2.75, 3.05) is 32.1 Å². The molecule has 6 heteroatoms. The lowest BCUT2D eigenvalue weighted by molar-refractivity contribution is -0.141. The van der Waals surface area contributed by atoms with Crippen molar-refractivity contribution in [2.24, 2.45) is 11.3 Å². The van der Waals surface area contributed by atoms with Gasteiger partial charge in [-0.15, -0.1) is 0 Å². The van der Waals surface area contributed by atoms with E-state index in [4.69, 9.17) is 0 Å². The first-order chi connectivity index (χ1) is 11.0. The third-order valence-electron chi connectivity index (χ3n) is 5.07.